The van der Waals surface area contributed by atoms with Gasteiger partial charge in [-0.05, 0) is 6.42 Å². The molecule has 0 unspecified atom stereocenters. The Labute approximate surface area is 78.1 Å². The van der Waals surface area contributed by atoms with Gasteiger partial charge in [-0.1, -0.05) is 11.8 Å². The highest BCUT2D eigenvalue weighted by molar-refractivity contribution is 8.00. The van der Waals surface area contributed by atoms with E-state index in [0.29, 0.717) is 11.6 Å². The molecular weight excluding hydrogens is 192 g/mol. The van der Waals surface area contributed by atoms with E-state index in [9.17, 15) is 4.79 Å². The van der Waals surface area contributed by atoms with E-state index < -0.39 is 0 Å². The minimum atomic E-state index is -0.263. The lowest BCUT2D eigenvalue weighted by atomic mass is 10.3. The number of aliphatic hydroxyl groups is 1. The van der Waals surface area contributed by atoms with Crippen molar-refractivity contribution >= 4 is 23.6 Å². The summed E-state index contributed by atoms with van der Waals surface area (Å²) in [6, 6.07) is 0. The van der Waals surface area contributed by atoms with Crippen LogP contribution >= 0.6 is 11.8 Å². The fourth-order valence-electron chi connectivity index (χ4n) is 1.15. The maximum Gasteiger partial charge on any atom is 0.263 e. The normalized spacial score (nSPS) is 20.7. The first kappa shape index (κ1) is 8.52. The van der Waals surface area contributed by atoms with Crippen LogP contribution in [0.5, 0.6) is 0 Å². The lowest BCUT2D eigenvalue weighted by molar-refractivity contribution is 0.0882. The SMILES string of the molecule is Nc1nc2n(n1)C(=O)[C@H](CCO)S2. The van der Waals surface area contributed by atoms with Gasteiger partial charge in [-0.3, -0.25) is 4.79 Å². The second-order valence-electron chi connectivity index (χ2n) is 2.62. The van der Waals surface area contributed by atoms with Crippen LogP contribution in [0, 0.1) is 0 Å². The zero-order valence-electron chi connectivity index (χ0n) is 6.67. The Bertz CT molecular complexity index is 350. The smallest absolute Gasteiger partial charge is 0.263 e. The Balaban J connectivity index is 2.25. The van der Waals surface area contributed by atoms with Crippen LogP contribution in [-0.2, 0) is 0 Å². The monoisotopic (exact) mass is 200 g/mol. The molecular formula is C6H8N4O2S. The summed E-state index contributed by atoms with van der Waals surface area (Å²) in [4.78, 5) is 15.3. The zero-order chi connectivity index (χ0) is 9.42. The zero-order valence-corrected chi connectivity index (χ0v) is 7.49. The second-order valence-corrected chi connectivity index (χ2v) is 3.79. The van der Waals surface area contributed by atoms with E-state index in [2.05, 4.69) is 10.1 Å². The number of rotatable bonds is 2. The van der Waals surface area contributed by atoms with Crippen LogP contribution in [0.3, 0.4) is 0 Å². The molecule has 0 aromatic carbocycles. The van der Waals surface area contributed by atoms with Crippen molar-refractivity contribution in [3.63, 3.8) is 0 Å². The Morgan fingerprint density at radius 3 is 3.08 bits per heavy atom. The predicted molar refractivity (Wildman–Crippen MR) is 46.4 cm³/mol. The van der Waals surface area contributed by atoms with E-state index in [4.69, 9.17) is 10.8 Å². The summed E-state index contributed by atoms with van der Waals surface area (Å²) in [5.74, 6) is -0.0449. The van der Waals surface area contributed by atoms with Crippen LogP contribution in [0.15, 0.2) is 5.16 Å². The van der Waals surface area contributed by atoms with Crippen molar-refractivity contribution in [2.45, 2.75) is 16.8 Å². The quantitative estimate of drug-likeness (QED) is 0.659. The minimum absolute atomic E-state index is 0.0102. The molecule has 1 aromatic heterocycles. The molecule has 1 atom stereocenters. The van der Waals surface area contributed by atoms with Gasteiger partial charge in [0.25, 0.3) is 5.91 Å². The molecule has 2 rings (SSSR count). The Hall–Kier alpha value is -1.08. The lowest BCUT2D eigenvalue weighted by Crippen LogP contribution is -2.20. The molecule has 0 bridgehead atoms. The van der Waals surface area contributed by atoms with Gasteiger partial charge in [-0.15, -0.1) is 5.10 Å². The third-order valence-corrected chi connectivity index (χ3v) is 2.91. The number of nitrogen functional groups attached to an aromatic ring is 1. The van der Waals surface area contributed by atoms with Crippen molar-refractivity contribution in [1.29, 1.82) is 0 Å². The molecule has 1 aromatic rings. The summed E-state index contributed by atoms with van der Waals surface area (Å²) >= 11 is 1.29. The number of aromatic nitrogens is 3. The maximum atomic E-state index is 11.5. The Kier molecular flexibility index (Phi) is 1.97. The summed E-state index contributed by atoms with van der Waals surface area (Å²) in [6.07, 6.45) is 0.425. The number of hydrogen-bond donors (Lipinski definition) is 2. The number of anilines is 1. The first-order chi connectivity index (χ1) is 6.22. The van der Waals surface area contributed by atoms with Crippen molar-refractivity contribution in [3.8, 4) is 0 Å². The van der Waals surface area contributed by atoms with Gasteiger partial charge in [0.15, 0.2) is 5.16 Å². The third-order valence-electron chi connectivity index (χ3n) is 1.72. The number of carbonyl (C=O) groups excluding carboxylic acids is 1. The molecule has 1 aliphatic heterocycles. The molecule has 0 saturated carbocycles. The van der Waals surface area contributed by atoms with Crippen molar-refractivity contribution in [1.82, 2.24) is 14.8 Å². The van der Waals surface area contributed by atoms with Gasteiger partial charge in [0.05, 0.1) is 5.25 Å². The molecule has 0 amide bonds. The lowest BCUT2D eigenvalue weighted by Gasteiger charge is -2.01. The van der Waals surface area contributed by atoms with Crippen LogP contribution in [0.25, 0.3) is 0 Å². The Morgan fingerprint density at radius 1 is 1.69 bits per heavy atom. The predicted octanol–water partition coefficient (Wildman–Crippen LogP) is -0.643. The van der Waals surface area contributed by atoms with Gasteiger partial charge in [-0.2, -0.15) is 9.67 Å². The largest absolute Gasteiger partial charge is 0.396 e. The molecule has 0 radical (unpaired) electrons. The van der Waals surface area contributed by atoms with Gasteiger partial charge in [-0.25, -0.2) is 0 Å². The Morgan fingerprint density at radius 2 is 2.46 bits per heavy atom. The number of fused-ring (bicyclic) bond motifs is 1. The highest BCUT2D eigenvalue weighted by Crippen LogP contribution is 2.31. The summed E-state index contributed by atoms with van der Waals surface area (Å²) in [7, 11) is 0. The van der Waals surface area contributed by atoms with Crippen molar-refractivity contribution in [2.24, 2.45) is 0 Å². The number of aliphatic hydroxyl groups excluding tert-OH is 1. The van der Waals surface area contributed by atoms with E-state index in [1.165, 1.54) is 16.4 Å². The summed E-state index contributed by atoms with van der Waals surface area (Å²) < 4.78 is 1.19. The van der Waals surface area contributed by atoms with Crippen molar-refractivity contribution in [3.05, 3.63) is 0 Å². The number of nitrogens with zero attached hydrogens (tertiary/aromatic N) is 3. The fraction of sp³-hybridized carbons (Fsp3) is 0.500. The summed E-state index contributed by atoms with van der Waals surface area (Å²) in [5.41, 5.74) is 5.31. The molecule has 0 fully saturated rings. The van der Waals surface area contributed by atoms with Crippen molar-refractivity contribution < 1.29 is 9.90 Å². The first-order valence-corrected chi connectivity index (χ1v) is 4.64. The average Bonchev–Trinajstić information content (AvgIpc) is 2.54. The van der Waals surface area contributed by atoms with Crippen molar-refractivity contribution in [2.75, 3.05) is 12.3 Å². The molecule has 70 valence electrons. The van der Waals surface area contributed by atoms with Crippen LogP contribution in [0.1, 0.15) is 11.2 Å². The number of hydrogen-bond acceptors (Lipinski definition) is 6. The average molecular weight is 200 g/mol. The molecule has 0 saturated heterocycles. The molecule has 3 N–H and O–H groups in total. The fourth-order valence-corrected chi connectivity index (χ4v) is 2.20. The van der Waals surface area contributed by atoms with Gasteiger partial charge in [0.2, 0.25) is 5.95 Å². The van der Waals surface area contributed by atoms with Gasteiger partial charge >= 0.3 is 0 Å². The summed E-state index contributed by atoms with van der Waals surface area (Å²) in [5, 5.41) is 12.7. The number of thioether (sulfide) groups is 1. The molecule has 6 nitrogen and oxygen atoms in total. The third kappa shape index (κ3) is 1.29. The molecule has 2 heterocycles. The van der Waals surface area contributed by atoms with E-state index >= 15 is 0 Å². The van der Waals surface area contributed by atoms with E-state index in [0.717, 1.165) is 0 Å². The molecule has 7 heteroatoms. The second kappa shape index (κ2) is 3.00. The van der Waals surface area contributed by atoms with E-state index in [1.807, 2.05) is 0 Å². The molecule has 1 aliphatic rings. The van der Waals surface area contributed by atoms with Crippen LogP contribution in [0.4, 0.5) is 5.95 Å². The topological polar surface area (TPSA) is 94.0 Å². The van der Waals surface area contributed by atoms with E-state index in [1.54, 1.807) is 0 Å². The maximum absolute atomic E-state index is 11.5. The van der Waals surface area contributed by atoms with Crippen LogP contribution in [-0.4, -0.2) is 37.6 Å². The van der Waals surface area contributed by atoms with Crippen LogP contribution < -0.4 is 5.73 Å². The van der Waals surface area contributed by atoms with Gasteiger partial charge in [0, 0.05) is 6.61 Å². The molecule has 13 heavy (non-hydrogen) atoms. The molecule has 0 spiro atoms. The first-order valence-electron chi connectivity index (χ1n) is 3.76. The molecule has 0 aliphatic carbocycles. The highest BCUT2D eigenvalue weighted by atomic mass is 32.2. The standard InChI is InChI=1S/C6H8N4O2S/c7-5-8-6-10(9-5)4(12)3(13-6)1-2-11/h3,11H,1-2H2,(H2,7,9)/t3-/m0/s1. The highest BCUT2D eigenvalue weighted by Gasteiger charge is 2.33. The van der Waals surface area contributed by atoms with Gasteiger partial charge in [0.1, 0.15) is 0 Å². The van der Waals surface area contributed by atoms with E-state index in [-0.39, 0.29) is 23.7 Å². The number of nitrogens with two attached hydrogens (primary N) is 1. The van der Waals surface area contributed by atoms with Crippen LogP contribution in [0.2, 0.25) is 0 Å². The summed E-state index contributed by atoms with van der Waals surface area (Å²) in [6.45, 7) is -0.0102. The van der Waals surface area contributed by atoms with Gasteiger partial charge < -0.3 is 10.8 Å². The minimum Gasteiger partial charge on any atom is -0.396 e. The number of carbonyl (C=O) groups is 1.